The van der Waals surface area contributed by atoms with E-state index in [1.165, 1.54) is 25.6 Å². The molecule has 17 heavy (non-hydrogen) atoms. The number of hydrogen-bond acceptors (Lipinski definition) is 4. The van der Waals surface area contributed by atoms with Gasteiger partial charge in [-0.05, 0) is 17.7 Å². The second kappa shape index (κ2) is 4.88. The zero-order valence-corrected chi connectivity index (χ0v) is 9.35. The predicted octanol–water partition coefficient (Wildman–Crippen LogP) is 1.75. The number of ether oxygens (including phenoxy) is 1. The molecule has 0 spiro atoms. The summed E-state index contributed by atoms with van der Waals surface area (Å²) in [5, 5.41) is 0. The highest BCUT2D eigenvalue weighted by Crippen LogP contribution is 2.28. The Morgan fingerprint density at radius 1 is 1.29 bits per heavy atom. The number of nitrogens with two attached hydrogens (primary N) is 1. The van der Waals surface area contributed by atoms with Crippen molar-refractivity contribution in [3.63, 3.8) is 0 Å². The van der Waals surface area contributed by atoms with Crippen molar-refractivity contribution in [1.29, 1.82) is 0 Å². The SMILES string of the molecule is COc1nccnc1-c1cc(CN)ccc1F. The number of nitrogens with zero attached hydrogens (tertiary/aromatic N) is 2. The first-order valence-electron chi connectivity index (χ1n) is 5.10. The molecule has 0 fully saturated rings. The maximum Gasteiger partial charge on any atom is 0.240 e. The van der Waals surface area contributed by atoms with Gasteiger partial charge < -0.3 is 10.5 Å². The molecule has 1 aromatic carbocycles. The van der Waals surface area contributed by atoms with Crippen molar-refractivity contribution in [3.8, 4) is 17.1 Å². The van der Waals surface area contributed by atoms with Crippen molar-refractivity contribution >= 4 is 0 Å². The van der Waals surface area contributed by atoms with Crippen molar-refractivity contribution in [3.05, 3.63) is 42.0 Å². The molecule has 0 saturated heterocycles. The summed E-state index contributed by atoms with van der Waals surface area (Å²) in [5.41, 5.74) is 7.08. The molecule has 0 radical (unpaired) electrons. The smallest absolute Gasteiger partial charge is 0.240 e. The highest BCUT2D eigenvalue weighted by atomic mass is 19.1. The third-order valence-corrected chi connectivity index (χ3v) is 2.38. The van der Waals surface area contributed by atoms with Crippen LogP contribution < -0.4 is 10.5 Å². The number of benzene rings is 1. The van der Waals surface area contributed by atoms with Gasteiger partial charge in [0.15, 0.2) is 0 Å². The lowest BCUT2D eigenvalue weighted by Crippen LogP contribution is -2.00. The fourth-order valence-corrected chi connectivity index (χ4v) is 1.54. The van der Waals surface area contributed by atoms with E-state index < -0.39 is 0 Å². The molecule has 5 heteroatoms. The Kier molecular flexibility index (Phi) is 3.30. The van der Waals surface area contributed by atoms with Gasteiger partial charge in [0, 0.05) is 24.5 Å². The van der Waals surface area contributed by atoms with Gasteiger partial charge in [-0.25, -0.2) is 14.4 Å². The molecule has 2 aromatic rings. The molecule has 1 aromatic heterocycles. The minimum Gasteiger partial charge on any atom is -0.479 e. The van der Waals surface area contributed by atoms with E-state index in [9.17, 15) is 4.39 Å². The minimum absolute atomic E-state index is 0.292. The Hall–Kier alpha value is -2.01. The van der Waals surface area contributed by atoms with Crippen LogP contribution in [0.25, 0.3) is 11.3 Å². The van der Waals surface area contributed by atoms with Crippen LogP contribution >= 0.6 is 0 Å². The third-order valence-electron chi connectivity index (χ3n) is 2.38. The van der Waals surface area contributed by atoms with E-state index in [4.69, 9.17) is 10.5 Å². The van der Waals surface area contributed by atoms with Crippen molar-refractivity contribution in [2.45, 2.75) is 6.54 Å². The number of hydrogen-bond donors (Lipinski definition) is 1. The first-order valence-corrected chi connectivity index (χ1v) is 5.10. The quantitative estimate of drug-likeness (QED) is 0.877. The summed E-state index contributed by atoms with van der Waals surface area (Å²) in [4.78, 5) is 8.08. The molecule has 0 aliphatic rings. The summed E-state index contributed by atoms with van der Waals surface area (Å²) >= 11 is 0. The summed E-state index contributed by atoms with van der Waals surface area (Å²) in [6.45, 7) is 0.343. The Balaban J connectivity index is 2.59. The summed E-state index contributed by atoms with van der Waals surface area (Å²) in [6, 6.07) is 4.66. The predicted molar refractivity (Wildman–Crippen MR) is 61.9 cm³/mol. The van der Waals surface area contributed by atoms with Crippen LogP contribution in [0.3, 0.4) is 0 Å². The van der Waals surface area contributed by atoms with Gasteiger partial charge in [-0.1, -0.05) is 6.07 Å². The molecule has 2 rings (SSSR count). The lowest BCUT2D eigenvalue weighted by Gasteiger charge is -2.08. The monoisotopic (exact) mass is 233 g/mol. The topological polar surface area (TPSA) is 61.0 Å². The maximum absolute atomic E-state index is 13.7. The average Bonchev–Trinajstić information content (AvgIpc) is 2.39. The lowest BCUT2D eigenvalue weighted by molar-refractivity contribution is 0.397. The Bertz CT molecular complexity index is 531. The fourth-order valence-electron chi connectivity index (χ4n) is 1.54. The van der Waals surface area contributed by atoms with Gasteiger partial charge in [-0.15, -0.1) is 0 Å². The van der Waals surface area contributed by atoms with Crippen molar-refractivity contribution in [2.75, 3.05) is 7.11 Å². The van der Waals surface area contributed by atoms with Gasteiger partial charge in [0.2, 0.25) is 5.88 Å². The molecule has 0 bridgehead atoms. The van der Waals surface area contributed by atoms with Gasteiger partial charge in [-0.3, -0.25) is 0 Å². The van der Waals surface area contributed by atoms with Crippen LogP contribution in [0.2, 0.25) is 0 Å². The molecule has 88 valence electrons. The zero-order valence-electron chi connectivity index (χ0n) is 9.35. The van der Waals surface area contributed by atoms with Crippen LogP contribution in [0.5, 0.6) is 5.88 Å². The molecule has 2 N–H and O–H groups in total. The molecule has 4 nitrogen and oxygen atoms in total. The fraction of sp³-hybridized carbons (Fsp3) is 0.167. The van der Waals surface area contributed by atoms with Crippen molar-refractivity contribution in [1.82, 2.24) is 9.97 Å². The van der Waals surface area contributed by atoms with E-state index in [-0.39, 0.29) is 5.82 Å². The van der Waals surface area contributed by atoms with Crippen LogP contribution in [0.15, 0.2) is 30.6 Å². The molecule has 0 saturated carbocycles. The normalized spacial score (nSPS) is 10.3. The lowest BCUT2D eigenvalue weighted by atomic mass is 10.1. The second-order valence-electron chi connectivity index (χ2n) is 3.43. The van der Waals surface area contributed by atoms with Crippen LogP contribution in [0.4, 0.5) is 4.39 Å². The number of halogens is 1. The standard InChI is InChI=1S/C12H12FN3O/c1-17-12-11(15-4-5-16-12)9-6-8(7-14)2-3-10(9)13/h2-6H,7,14H2,1H3. The third kappa shape index (κ3) is 2.24. The van der Waals surface area contributed by atoms with E-state index in [0.29, 0.717) is 23.7 Å². The van der Waals surface area contributed by atoms with Crippen LogP contribution in [-0.4, -0.2) is 17.1 Å². The maximum atomic E-state index is 13.7. The van der Waals surface area contributed by atoms with Crippen LogP contribution in [0.1, 0.15) is 5.56 Å². The van der Waals surface area contributed by atoms with E-state index in [2.05, 4.69) is 9.97 Å². The highest BCUT2D eigenvalue weighted by Gasteiger charge is 2.13. The molecule has 0 atom stereocenters. The molecule has 1 heterocycles. The number of methoxy groups -OCH3 is 1. The Labute approximate surface area is 98.3 Å². The first-order chi connectivity index (χ1) is 8.26. The van der Waals surface area contributed by atoms with Gasteiger partial charge in [-0.2, -0.15) is 0 Å². The van der Waals surface area contributed by atoms with Gasteiger partial charge in [0.25, 0.3) is 0 Å². The largest absolute Gasteiger partial charge is 0.479 e. The summed E-state index contributed by atoms with van der Waals surface area (Å²) in [7, 11) is 1.47. The summed E-state index contributed by atoms with van der Waals surface area (Å²) < 4.78 is 18.8. The zero-order chi connectivity index (χ0) is 12.3. The van der Waals surface area contributed by atoms with E-state index in [1.54, 1.807) is 12.1 Å². The van der Waals surface area contributed by atoms with E-state index in [0.717, 1.165) is 5.56 Å². The van der Waals surface area contributed by atoms with E-state index >= 15 is 0 Å². The molecular weight excluding hydrogens is 221 g/mol. The van der Waals surface area contributed by atoms with Crippen molar-refractivity contribution in [2.24, 2.45) is 5.73 Å². The molecule has 0 amide bonds. The first kappa shape index (κ1) is 11.5. The van der Waals surface area contributed by atoms with Gasteiger partial charge >= 0.3 is 0 Å². The van der Waals surface area contributed by atoms with Crippen LogP contribution in [-0.2, 0) is 6.54 Å². The molecule has 0 unspecified atom stereocenters. The highest BCUT2D eigenvalue weighted by molar-refractivity contribution is 5.65. The Morgan fingerprint density at radius 3 is 2.76 bits per heavy atom. The van der Waals surface area contributed by atoms with Gasteiger partial charge in [0.1, 0.15) is 11.5 Å². The van der Waals surface area contributed by atoms with Crippen LogP contribution in [0, 0.1) is 5.82 Å². The number of rotatable bonds is 3. The second-order valence-corrected chi connectivity index (χ2v) is 3.43. The molecule has 0 aliphatic heterocycles. The molecule has 0 aliphatic carbocycles. The number of aromatic nitrogens is 2. The summed E-state index contributed by atoms with van der Waals surface area (Å²) in [5.74, 6) is -0.0819. The molecular formula is C12H12FN3O. The minimum atomic E-state index is -0.374. The average molecular weight is 233 g/mol. The van der Waals surface area contributed by atoms with Gasteiger partial charge in [0.05, 0.1) is 7.11 Å². The van der Waals surface area contributed by atoms with E-state index in [1.807, 2.05) is 0 Å². The summed E-state index contributed by atoms with van der Waals surface area (Å²) in [6.07, 6.45) is 2.99. The Morgan fingerprint density at radius 2 is 2.06 bits per heavy atom. The van der Waals surface area contributed by atoms with Crippen molar-refractivity contribution < 1.29 is 9.13 Å².